The van der Waals surface area contributed by atoms with Gasteiger partial charge in [-0.1, -0.05) is 0 Å². The first kappa shape index (κ1) is 15.5. The number of aromatic nitrogens is 3. The molecule has 1 aromatic carbocycles. The Morgan fingerprint density at radius 1 is 1.24 bits per heavy atom. The van der Waals surface area contributed by atoms with E-state index in [-0.39, 0.29) is 0 Å². The highest BCUT2D eigenvalue weighted by molar-refractivity contribution is 7.84. The summed E-state index contributed by atoms with van der Waals surface area (Å²) in [6, 6.07) is 3.59. The number of aryl methyl sites for hydroxylation is 2. The molecule has 0 bridgehead atoms. The summed E-state index contributed by atoms with van der Waals surface area (Å²) in [6.07, 6.45) is 1.48. The molecule has 0 saturated heterocycles. The Morgan fingerprint density at radius 2 is 1.90 bits per heavy atom. The molecule has 21 heavy (non-hydrogen) atoms. The van der Waals surface area contributed by atoms with Gasteiger partial charge in [0.25, 0.3) is 0 Å². The molecule has 0 fully saturated rings. The van der Waals surface area contributed by atoms with Crippen LogP contribution in [0.25, 0.3) is 0 Å². The van der Waals surface area contributed by atoms with Gasteiger partial charge >= 0.3 is 0 Å². The third-order valence-corrected chi connectivity index (χ3v) is 4.63. The van der Waals surface area contributed by atoms with E-state index >= 15 is 0 Å². The highest BCUT2D eigenvalue weighted by Gasteiger charge is 2.16. The monoisotopic (exact) mass is 309 g/mol. The SMILES string of the molecule is CCn1ncnc1CS(=O)c1cc(OC)c(OC)cc1C. The second-order valence-corrected chi connectivity index (χ2v) is 5.87. The van der Waals surface area contributed by atoms with E-state index in [1.807, 2.05) is 19.9 Å². The van der Waals surface area contributed by atoms with Crippen molar-refractivity contribution >= 4 is 10.8 Å². The van der Waals surface area contributed by atoms with Gasteiger partial charge < -0.3 is 9.47 Å². The molecule has 1 unspecified atom stereocenters. The number of methoxy groups -OCH3 is 2. The van der Waals surface area contributed by atoms with Crippen LogP contribution in [-0.2, 0) is 23.1 Å². The van der Waals surface area contributed by atoms with Crippen LogP contribution in [0.2, 0.25) is 0 Å². The fraction of sp³-hybridized carbons (Fsp3) is 0.429. The molecular formula is C14H19N3O3S. The molecule has 2 rings (SSSR count). The number of benzene rings is 1. The molecule has 1 heterocycles. The number of hydrogen-bond acceptors (Lipinski definition) is 5. The predicted octanol–water partition coefficient (Wildman–Crippen LogP) is 1.93. The highest BCUT2D eigenvalue weighted by atomic mass is 32.2. The average molecular weight is 309 g/mol. The second-order valence-electron chi connectivity index (χ2n) is 4.45. The van der Waals surface area contributed by atoms with E-state index in [4.69, 9.17) is 9.47 Å². The second kappa shape index (κ2) is 6.71. The van der Waals surface area contributed by atoms with E-state index in [1.54, 1.807) is 25.0 Å². The summed E-state index contributed by atoms with van der Waals surface area (Å²) in [4.78, 5) is 4.88. The maximum Gasteiger partial charge on any atom is 0.161 e. The van der Waals surface area contributed by atoms with Crippen molar-refractivity contribution in [3.63, 3.8) is 0 Å². The molecule has 1 aromatic heterocycles. The molecule has 0 N–H and O–H groups in total. The van der Waals surface area contributed by atoms with Crippen molar-refractivity contribution in [1.29, 1.82) is 0 Å². The van der Waals surface area contributed by atoms with Gasteiger partial charge in [0.05, 0.1) is 30.8 Å². The lowest BCUT2D eigenvalue weighted by atomic mass is 10.2. The minimum absolute atomic E-state index is 0.324. The molecule has 0 saturated carbocycles. The van der Waals surface area contributed by atoms with Crippen molar-refractivity contribution in [3.8, 4) is 11.5 Å². The van der Waals surface area contributed by atoms with Crippen LogP contribution in [-0.4, -0.2) is 33.2 Å². The van der Waals surface area contributed by atoms with Gasteiger partial charge in [0.1, 0.15) is 12.2 Å². The Balaban J connectivity index is 2.31. The summed E-state index contributed by atoms with van der Waals surface area (Å²) in [5, 5.41) is 4.09. The van der Waals surface area contributed by atoms with Crippen molar-refractivity contribution < 1.29 is 13.7 Å². The van der Waals surface area contributed by atoms with Crippen molar-refractivity contribution in [2.75, 3.05) is 14.2 Å². The zero-order chi connectivity index (χ0) is 15.4. The molecule has 2 aromatic rings. The maximum absolute atomic E-state index is 12.6. The van der Waals surface area contributed by atoms with E-state index in [1.165, 1.54) is 6.33 Å². The summed E-state index contributed by atoms with van der Waals surface area (Å²) in [5.41, 5.74) is 0.897. The Hall–Kier alpha value is -1.89. The van der Waals surface area contributed by atoms with Gasteiger partial charge in [0, 0.05) is 17.5 Å². The van der Waals surface area contributed by atoms with Gasteiger partial charge in [-0.3, -0.25) is 4.21 Å². The fourth-order valence-electron chi connectivity index (χ4n) is 2.07. The van der Waals surface area contributed by atoms with E-state index < -0.39 is 10.8 Å². The Bertz CT molecular complexity index is 655. The zero-order valence-electron chi connectivity index (χ0n) is 12.6. The van der Waals surface area contributed by atoms with Crippen LogP contribution < -0.4 is 9.47 Å². The first-order valence-electron chi connectivity index (χ1n) is 6.58. The van der Waals surface area contributed by atoms with Crippen molar-refractivity contribution in [2.45, 2.75) is 31.0 Å². The molecule has 6 nitrogen and oxygen atoms in total. The van der Waals surface area contributed by atoms with Gasteiger partial charge in [0.2, 0.25) is 0 Å². The predicted molar refractivity (Wildman–Crippen MR) is 80.1 cm³/mol. The minimum Gasteiger partial charge on any atom is -0.493 e. The molecule has 7 heteroatoms. The summed E-state index contributed by atoms with van der Waals surface area (Å²) in [6.45, 7) is 4.58. The molecular weight excluding hydrogens is 290 g/mol. The first-order valence-corrected chi connectivity index (χ1v) is 7.90. The third-order valence-electron chi connectivity index (χ3n) is 3.18. The Labute approximate surface area is 126 Å². The molecule has 0 radical (unpaired) electrons. The van der Waals surface area contributed by atoms with E-state index in [9.17, 15) is 4.21 Å². The van der Waals surface area contributed by atoms with Gasteiger partial charge in [-0.05, 0) is 25.5 Å². The van der Waals surface area contributed by atoms with Gasteiger partial charge in [0.15, 0.2) is 11.5 Å². The summed E-state index contributed by atoms with van der Waals surface area (Å²) < 4.78 is 24.9. The van der Waals surface area contributed by atoms with Gasteiger partial charge in [-0.15, -0.1) is 0 Å². The maximum atomic E-state index is 12.6. The molecule has 0 aliphatic rings. The third kappa shape index (κ3) is 3.24. The average Bonchev–Trinajstić information content (AvgIpc) is 2.93. The Kier molecular flexibility index (Phi) is 4.95. The van der Waals surface area contributed by atoms with Crippen molar-refractivity contribution in [3.05, 3.63) is 29.8 Å². The lowest BCUT2D eigenvalue weighted by Crippen LogP contribution is -2.08. The fourth-order valence-corrected chi connectivity index (χ4v) is 3.34. The lowest BCUT2D eigenvalue weighted by Gasteiger charge is -2.12. The summed E-state index contributed by atoms with van der Waals surface area (Å²) in [5.74, 6) is 2.24. The van der Waals surface area contributed by atoms with E-state index in [0.29, 0.717) is 29.6 Å². The number of ether oxygens (including phenoxy) is 2. The van der Waals surface area contributed by atoms with Crippen LogP contribution in [0.3, 0.4) is 0 Å². The quantitative estimate of drug-likeness (QED) is 0.815. The zero-order valence-corrected chi connectivity index (χ0v) is 13.4. The van der Waals surface area contributed by atoms with Crippen LogP contribution in [0.15, 0.2) is 23.4 Å². The first-order chi connectivity index (χ1) is 10.1. The number of nitrogens with zero attached hydrogens (tertiary/aromatic N) is 3. The normalized spacial score (nSPS) is 12.2. The smallest absolute Gasteiger partial charge is 0.161 e. The van der Waals surface area contributed by atoms with E-state index in [0.717, 1.165) is 10.5 Å². The largest absolute Gasteiger partial charge is 0.493 e. The van der Waals surface area contributed by atoms with Crippen LogP contribution >= 0.6 is 0 Å². The summed E-state index contributed by atoms with van der Waals surface area (Å²) in [7, 11) is 1.93. The highest BCUT2D eigenvalue weighted by Crippen LogP contribution is 2.32. The van der Waals surface area contributed by atoms with Crippen molar-refractivity contribution in [1.82, 2.24) is 14.8 Å². The van der Waals surface area contributed by atoms with Crippen LogP contribution in [0.1, 0.15) is 18.3 Å². The van der Waals surface area contributed by atoms with Crippen LogP contribution in [0, 0.1) is 6.92 Å². The van der Waals surface area contributed by atoms with Gasteiger partial charge in [-0.2, -0.15) is 5.10 Å². The van der Waals surface area contributed by atoms with Crippen molar-refractivity contribution in [2.24, 2.45) is 0 Å². The molecule has 114 valence electrons. The van der Waals surface area contributed by atoms with Crippen LogP contribution in [0.5, 0.6) is 11.5 Å². The molecule has 0 spiro atoms. The topological polar surface area (TPSA) is 66.2 Å². The summed E-state index contributed by atoms with van der Waals surface area (Å²) >= 11 is 0. The standard InChI is InChI=1S/C14H19N3O3S/c1-5-17-14(15-9-16-17)8-21(18)13-7-12(20-4)11(19-3)6-10(13)2/h6-7,9H,5,8H2,1-4H3. The van der Waals surface area contributed by atoms with Gasteiger partial charge in [-0.25, -0.2) is 9.67 Å². The Morgan fingerprint density at radius 3 is 2.52 bits per heavy atom. The molecule has 0 aliphatic carbocycles. The van der Waals surface area contributed by atoms with Crippen LogP contribution in [0.4, 0.5) is 0 Å². The minimum atomic E-state index is -1.22. The molecule has 1 atom stereocenters. The number of hydrogen-bond donors (Lipinski definition) is 0. The molecule has 0 aliphatic heterocycles. The lowest BCUT2D eigenvalue weighted by molar-refractivity contribution is 0.353. The number of rotatable bonds is 6. The van der Waals surface area contributed by atoms with E-state index in [2.05, 4.69) is 10.1 Å². The molecule has 0 amide bonds.